The molecule has 3 nitrogen and oxygen atoms in total. The van der Waals surface area contributed by atoms with Gasteiger partial charge in [0.05, 0.1) is 11.9 Å². The lowest BCUT2D eigenvalue weighted by molar-refractivity contribution is 0.619. The molecule has 0 aliphatic heterocycles. The first-order valence-corrected chi connectivity index (χ1v) is 3.44. The van der Waals surface area contributed by atoms with Gasteiger partial charge >= 0.3 is 0 Å². The van der Waals surface area contributed by atoms with E-state index < -0.39 is 0 Å². The minimum Gasteiger partial charge on any atom is -0.307 e. The molecular formula is C8H6FN3. The van der Waals surface area contributed by atoms with Crippen LogP contribution in [0, 0.1) is 11.2 Å². The van der Waals surface area contributed by atoms with Gasteiger partial charge in [-0.15, -0.1) is 0 Å². The molecule has 0 aliphatic rings. The highest BCUT2D eigenvalue weighted by molar-refractivity contribution is 5.75. The van der Waals surface area contributed by atoms with E-state index in [0.717, 1.165) is 6.21 Å². The highest BCUT2D eigenvalue weighted by Gasteiger charge is 2.00. The molecule has 12 heavy (non-hydrogen) atoms. The molecule has 0 saturated heterocycles. The largest absolute Gasteiger partial charge is 0.307 e. The molecule has 2 heterocycles. The van der Waals surface area contributed by atoms with Gasteiger partial charge in [-0.1, -0.05) is 0 Å². The first-order chi connectivity index (χ1) is 5.81. The van der Waals surface area contributed by atoms with Crippen molar-refractivity contribution in [3.05, 3.63) is 36.0 Å². The van der Waals surface area contributed by atoms with Gasteiger partial charge in [0.2, 0.25) is 0 Å². The summed E-state index contributed by atoms with van der Waals surface area (Å²) in [5.74, 6) is -0.330. The zero-order valence-corrected chi connectivity index (χ0v) is 6.16. The van der Waals surface area contributed by atoms with E-state index in [4.69, 9.17) is 5.41 Å². The van der Waals surface area contributed by atoms with E-state index in [1.807, 2.05) is 0 Å². The van der Waals surface area contributed by atoms with Gasteiger partial charge in [-0.05, 0) is 12.1 Å². The van der Waals surface area contributed by atoms with Crippen LogP contribution < -0.4 is 0 Å². The van der Waals surface area contributed by atoms with Crippen molar-refractivity contribution in [3.63, 3.8) is 0 Å². The second kappa shape index (κ2) is 2.41. The Kier molecular flexibility index (Phi) is 1.40. The van der Waals surface area contributed by atoms with Crippen molar-refractivity contribution >= 4 is 11.9 Å². The zero-order valence-electron chi connectivity index (χ0n) is 6.16. The van der Waals surface area contributed by atoms with Gasteiger partial charge in [-0.25, -0.2) is 9.37 Å². The Morgan fingerprint density at radius 3 is 3.08 bits per heavy atom. The van der Waals surface area contributed by atoms with Crippen molar-refractivity contribution < 1.29 is 4.39 Å². The summed E-state index contributed by atoms with van der Waals surface area (Å²) in [6.45, 7) is 0. The van der Waals surface area contributed by atoms with Crippen LogP contribution in [-0.2, 0) is 0 Å². The molecule has 0 radical (unpaired) electrons. The Bertz CT molecular complexity index is 433. The predicted octanol–water partition coefficient (Wildman–Crippen LogP) is 1.47. The van der Waals surface area contributed by atoms with Crippen molar-refractivity contribution in [1.82, 2.24) is 9.38 Å². The van der Waals surface area contributed by atoms with E-state index in [9.17, 15) is 4.39 Å². The molecule has 0 aromatic carbocycles. The molecule has 2 aromatic heterocycles. The Hall–Kier alpha value is -1.71. The van der Waals surface area contributed by atoms with Crippen LogP contribution in [0.1, 0.15) is 5.69 Å². The quantitative estimate of drug-likeness (QED) is 0.635. The minimum atomic E-state index is -0.330. The van der Waals surface area contributed by atoms with Crippen LogP contribution in [0.4, 0.5) is 4.39 Å². The fourth-order valence-electron chi connectivity index (χ4n) is 1.08. The zero-order chi connectivity index (χ0) is 8.55. The van der Waals surface area contributed by atoms with E-state index in [0.29, 0.717) is 11.3 Å². The number of nitrogens with zero attached hydrogens (tertiary/aromatic N) is 2. The number of hydrogen-bond donors (Lipinski definition) is 1. The Morgan fingerprint density at radius 2 is 2.33 bits per heavy atom. The van der Waals surface area contributed by atoms with Gasteiger partial charge in [0.1, 0.15) is 11.5 Å². The summed E-state index contributed by atoms with van der Waals surface area (Å²) in [5, 5.41) is 7.00. The summed E-state index contributed by atoms with van der Waals surface area (Å²) < 4.78 is 14.2. The first-order valence-electron chi connectivity index (χ1n) is 3.44. The number of fused-ring (bicyclic) bond motifs is 1. The predicted molar refractivity (Wildman–Crippen MR) is 43.0 cm³/mol. The number of halogens is 1. The first kappa shape index (κ1) is 6.97. The third-order valence-electron chi connectivity index (χ3n) is 1.65. The lowest BCUT2D eigenvalue weighted by Gasteiger charge is -1.94. The Balaban J connectivity index is 2.83. The third-order valence-corrected chi connectivity index (χ3v) is 1.65. The summed E-state index contributed by atoms with van der Waals surface area (Å²) in [6, 6.07) is 2.92. The summed E-state index contributed by atoms with van der Waals surface area (Å²) in [4.78, 5) is 3.98. The smallest absolute Gasteiger partial charge is 0.139 e. The lowest BCUT2D eigenvalue weighted by Crippen LogP contribution is -1.91. The second-order valence-electron chi connectivity index (χ2n) is 2.40. The van der Waals surface area contributed by atoms with Crippen molar-refractivity contribution in [2.45, 2.75) is 0 Å². The Labute approximate surface area is 68.0 Å². The highest BCUT2D eigenvalue weighted by Crippen LogP contribution is 2.06. The molecule has 0 aliphatic carbocycles. The fourth-order valence-corrected chi connectivity index (χ4v) is 1.08. The summed E-state index contributed by atoms with van der Waals surface area (Å²) in [6.07, 6.45) is 3.98. The van der Waals surface area contributed by atoms with E-state index in [1.54, 1.807) is 6.07 Å². The van der Waals surface area contributed by atoms with Crippen LogP contribution in [0.2, 0.25) is 0 Å². The number of imidazole rings is 1. The Morgan fingerprint density at radius 1 is 1.50 bits per heavy atom. The van der Waals surface area contributed by atoms with E-state index in [2.05, 4.69) is 4.98 Å². The maximum atomic E-state index is 12.7. The monoisotopic (exact) mass is 163 g/mol. The maximum absolute atomic E-state index is 12.7. The summed E-state index contributed by atoms with van der Waals surface area (Å²) >= 11 is 0. The molecule has 2 aromatic rings. The van der Waals surface area contributed by atoms with Crippen LogP contribution in [0.5, 0.6) is 0 Å². The van der Waals surface area contributed by atoms with Crippen LogP contribution in [0.25, 0.3) is 5.65 Å². The van der Waals surface area contributed by atoms with Gasteiger partial charge in [0.15, 0.2) is 0 Å². The van der Waals surface area contributed by atoms with Gasteiger partial charge in [0, 0.05) is 12.4 Å². The molecule has 2 rings (SSSR count). The maximum Gasteiger partial charge on any atom is 0.139 e. The third kappa shape index (κ3) is 0.887. The molecule has 1 N–H and O–H groups in total. The average Bonchev–Trinajstić information content (AvgIpc) is 2.46. The second-order valence-corrected chi connectivity index (χ2v) is 2.40. The SMILES string of the molecule is N=Cc1cnc2ccc(F)cn12. The molecule has 0 amide bonds. The number of hydrogen-bond acceptors (Lipinski definition) is 2. The fraction of sp³-hybridized carbons (Fsp3) is 0. The van der Waals surface area contributed by atoms with E-state index >= 15 is 0 Å². The van der Waals surface area contributed by atoms with E-state index in [-0.39, 0.29) is 5.82 Å². The number of aromatic nitrogens is 2. The topological polar surface area (TPSA) is 41.2 Å². The minimum absolute atomic E-state index is 0.330. The lowest BCUT2D eigenvalue weighted by atomic mass is 10.4. The van der Waals surface area contributed by atoms with Crippen LogP contribution >= 0.6 is 0 Å². The molecule has 0 unspecified atom stereocenters. The van der Waals surface area contributed by atoms with Crippen molar-refractivity contribution in [3.8, 4) is 0 Å². The highest BCUT2D eigenvalue weighted by atomic mass is 19.1. The average molecular weight is 163 g/mol. The molecule has 4 heteroatoms. The van der Waals surface area contributed by atoms with Crippen LogP contribution in [0.3, 0.4) is 0 Å². The van der Waals surface area contributed by atoms with Crippen molar-refractivity contribution in [2.75, 3.05) is 0 Å². The standard InChI is InChI=1S/C8H6FN3/c9-6-1-2-8-11-4-7(3-10)12(8)5-6/h1-5,10H. The van der Waals surface area contributed by atoms with Crippen molar-refractivity contribution in [1.29, 1.82) is 5.41 Å². The van der Waals surface area contributed by atoms with Gasteiger partial charge in [-0.2, -0.15) is 0 Å². The molecule has 0 atom stereocenters. The molecule has 0 saturated carbocycles. The molecule has 60 valence electrons. The molecule has 0 spiro atoms. The molecular weight excluding hydrogens is 157 g/mol. The molecule has 0 bridgehead atoms. The van der Waals surface area contributed by atoms with Gasteiger partial charge in [0.25, 0.3) is 0 Å². The van der Waals surface area contributed by atoms with Gasteiger partial charge < -0.3 is 5.41 Å². The van der Waals surface area contributed by atoms with Gasteiger partial charge in [-0.3, -0.25) is 4.40 Å². The molecule has 0 fully saturated rings. The normalized spacial score (nSPS) is 10.4. The van der Waals surface area contributed by atoms with E-state index in [1.165, 1.54) is 22.9 Å². The van der Waals surface area contributed by atoms with Crippen molar-refractivity contribution in [2.24, 2.45) is 0 Å². The summed E-state index contributed by atoms with van der Waals surface area (Å²) in [5.41, 5.74) is 1.22. The van der Waals surface area contributed by atoms with Crippen LogP contribution in [0.15, 0.2) is 24.5 Å². The number of nitrogens with one attached hydrogen (secondary N) is 1. The summed E-state index contributed by atoms with van der Waals surface area (Å²) in [7, 11) is 0. The van der Waals surface area contributed by atoms with Crippen LogP contribution in [-0.4, -0.2) is 15.6 Å². The number of pyridine rings is 1. The number of rotatable bonds is 1.